The molecule has 1 aliphatic rings. The lowest BCUT2D eigenvalue weighted by atomic mass is 10.0. The highest BCUT2D eigenvalue weighted by atomic mass is 19.4. The van der Waals surface area contributed by atoms with Crippen molar-refractivity contribution in [1.29, 1.82) is 0 Å². The van der Waals surface area contributed by atoms with Crippen LogP contribution in [0.4, 0.5) is 22.0 Å². The quantitative estimate of drug-likeness (QED) is 0.775. The first-order valence-corrected chi connectivity index (χ1v) is 8.87. The van der Waals surface area contributed by atoms with Gasteiger partial charge in [0.1, 0.15) is 11.6 Å². The Kier molecular flexibility index (Phi) is 5.86. The van der Waals surface area contributed by atoms with E-state index in [1.807, 2.05) is 0 Å². The molecule has 0 radical (unpaired) electrons. The van der Waals surface area contributed by atoms with Crippen molar-refractivity contribution in [2.24, 2.45) is 0 Å². The maximum atomic E-state index is 13.8. The van der Waals surface area contributed by atoms with Crippen LogP contribution < -0.4 is 5.32 Å². The first-order chi connectivity index (χ1) is 13.6. The molecule has 1 fully saturated rings. The molecule has 1 aliphatic heterocycles. The van der Waals surface area contributed by atoms with Gasteiger partial charge in [-0.25, -0.2) is 8.78 Å². The van der Waals surface area contributed by atoms with E-state index in [2.05, 4.69) is 5.32 Å². The van der Waals surface area contributed by atoms with E-state index >= 15 is 0 Å². The molecular weight excluding hydrogens is 395 g/mol. The van der Waals surface area contributed by atoms with Crippen molar-refractivity contribution < 1.29 is 31.5 Å². The zero-order valence-electron chi connectivity index (χ0n) is 15.1. The number of rotatable bonds is 3. The van der Waals surface area contributed by atoms with Crippen molar-refractivity contribution in [2.45, 2.75) is 25.1 Å². The van der Waals surface area contributed by atoms with Gasteiger partial charge in [-0.3, -0.25) is 9.59 Å². The van der Waals surface area contributed by atoms with Gasteiger partial charge in [0, 0.05) is 24.7 Å². The van der Waals surface area contributed by atoms with Crippen LogP contribution in [0.5, 0.6) is 0 Å². The van der Waals surface area contributed by atoms with Crippen LogP contribution in [0.25, 0.3) is 0 Å². The second-order valence-electron chi connectivity index (χ2n) is 6.75. The van der Waals surface area contributed by atoms with Crippen LogP contribution in [0.15, 0.2) is 42.5 Å². The molecule has 0 saturated carbocycles. The van der Waals surface area contributed by atoms with Crippen LogP contribution >= 0.6 is 0 Å². The standard InChI is InChI=1S/C20H17F5N2O2/c21-14-10-12(9-13(11-14)20(23,24)25)18(28)26-15-5-7-27(8-6-15)19(29)16-3-1-2-4-17(16)22/h1-4,9-11,15H,5-8H2,(H,26,28). The number of nitrogens with one attached hydrogen (secondary N) is 1. The van der Waals surface area contributed by atoms with Crippen molar-refractivity contribution in [3.63, 3.8) is 0 Å². The van der Waals surface area contributed by atoms with E-state index in [1.54, 1.807) is 6.07 Å². The number of carbonyl (C=O) groups excluding carboxylic acids is 2. The van der Waals surface area contributed by atoms with Gasteiger partial charge >= 0.3 is 6.18 Å². The Morgan fingerprint density at radius 2 is 1.66 bits per heavy atom. The van der Waals surface area contributed by atoms with E-state index in [1.165, 1.54) is 23.1 Å². The Hall–Kier alpha value is -2.97. The molecule has 2 aromatic rings. The molecule has 4 nitrogen and oxygen atoms in total. The number of amides is 2. The molecule has 0 bridgehead atoms. The third-order valence-electron chi connectivity index (χ3n) is 4.71. The Morgan fingerprint density at radius 3 is 2.28 bits per heavy atom. The molecule has 1 saturated heterocycles. The van der Waals surface area contributed by atoms with E-state index in [4.69, 9.17) is 0 Å². The monoisotopic (exact) mass is 412 g/mol. The third-order valence-corrected chi connectivity index (χ3v) is 4.71. The fourth-order valence-corrected chi connectivity index (χ4v) is 3.19. The number of nitrogens with zero attached hydrogens (tertiary/aromatic N) is 1. The maximum absolute atomic E-state index is 13.8. The van der Waals surface area contributed by atoms with E-state index < -0.39 is 46.8 Å². The molecule has 0 aromatic heterocycles. The molecule has 154 valence electrons. The van der Waals surface area contributed by atoms with Crippen molar-refractivity contribution in [2.75, 3.05) is 13.1 Å². The van der Waals surface area contributed by atoms with Gasteiger partial charge in [-0.05, 0) is 43.2 Å². The molecule has 29 heavy (non-hydrogen) atoms. The molecule has 0 atom stereocenters. The third kappa shape index (κ3) is 4.90. The first kappa shape index (κ1) is 20.8. The van der Waals surface area contributed by atoms with Gasteiger partial charge in [0.25, 0.3) is 11.8 Å². The van der Waals surface area contributed by atoms with E-state index in [0.29, 0.717) is 25.0 Å². The predicted octanol–water partition coefficient (Wildman–Crippen LogP) is 4.02. The van der Waals surface area contributed by atoms with Crippen molar-refractivity contribution in [1.82, 2.24) is 10.2 Å². The number of piperidine rings is 1. The minimum Gasteiger partial charge on any atom is -0.349 e. The van der Waals surface area contributed by atoms with Crippen molar-refractivity contribution in [3.05, 3.63) is 70.8 Å². The van der Waals surface area contributed by atoms with Crippen LogP contribution in [-0.4, -0.2) is 35.8 Å². The molecule has 0 spiro atoms. The summed E-state index contributed by atoms with van der Waals surface area (Å²) in [6, 6.07) is 6.86. The maximum Gasteiger partial charge on any atom is 0.416 e. The smallest absolute Gasteiger partial charge is 0.349 e. The highest BCUT2D eigenvalue weighted by molar-refractivity contribution is 5.95. The summed E-state index contributed by atoms with van der Waals surface area (Å²) in [4.78, 5) is 26.1. The lowest BCUT2D eigenvalue weighted by Gasteiger charge is -2.32. The molecule has 0 unspecified atom stereocenters. The molecule has 0 aliphatic carbocycles. The van der Waals surface area contributed by atoms with Gasteiger partial charge in [-0.2, -0.15) is 13.2 Å². The lowest BCUT2D eigenvalue weighted by Crippen LogP contribution is -2.46. The Morgan fingerprint density at radius 1 is 1.00 bits per heavy atom. The average Bonchev–Trinajstić information content (AvgIpc) is 2.67. The predicted molar refractivity (Wildman–Crippen MR) is 94.2 cm³/mol. The SMILES string of the molecule is O=C(NC1CCN(C(=O)c2ccccc2F)CC1)c1cc(F)cc(C(F)(F)F)c1. The van der Waals surface area contributed by atoms with Crippen molar-refractivity contribution in [3.8, 4) is 0 Å². The molecule has 1 N–H and O–H groups in total. The number of halogens is 5. The number of hydrogen-bond donors (Lipinski definition) is 1. The summed E-state index contributed by atoms with van der Waals surface area (Å²) in [6.07, 6.45) is -4.09. The first-order valence-electron chi connectivity index (χ1n) is 8.87. The molecule has 9 heteroatoms. The summed E-state index contributed by atoms with van der Waals surface area (Å²) < 4.78 is 65.6. The summed E-state index contributed by atoms with van der Waals surface area (Å²) in [7, 11) is 0. The number of benzene rings is 2. The van der Waals surface area contributed by atoms with Crippen LogP contribution in [-0.2, 0) is 6.18 Å². The summed E-state index contributed by atoms with van der Waals surface area (Å²) in [5.74, 6) is -3.07. The molecule has 3 rings (SSSR count). The van der Waals surface area contributed by atoms with Gasteiger partial charge in [0.15, 0.2) is 0 Å². The Bertz CT molecular complexity index is 921. The van der Waals surface area contributed by atoms with Crippen molar-refractivity contribution >= 4 is 11.8 Å². The van der Waals surface area contributed by atoms with E-state index in [0.717, 1.165) is 6.07 Å². The number of alkyl halides is 3. The normalized spacial score (nSPS) is 15.3. The molecular formula is C20H17F5N2O2. The zero-order chi connectivity index (χ0) is 21.2. The Balaban J connectivity index is 1.61. The fourth-order valence-electron chi connectivity index (χ4n) is 3.19. The van der Waals surface area contributed by atoms with Gasteiger partial charge < -0.3 is 10.2 Å². The highest BCUT2D eigenvalue weighted by Gasteiger charge is 2.32. The second-order valence-corrected chi connectivity index (χ2v) is 6.75. The minimum atomic E-state index is -4.77. The van der Waals surface area contributed by atoms with Crippen LogP contribution in [0, 0.1) is 11.6 Å². The van der Waals surface area contributed by atoms with Crippen LogP contribution in [0.3, 0.4) is 0 Å². The zero-order valence-corrected chi connectivity index (χ0v) is 15.1. The summed E-state index contributed by atoms with van der Waals surface area (Å²) in [5.41, 5.74) is -1.72. The van der Waals surface area contributed by atoms with E-state index in [-0.39, 0.29) is 18.7 Å². The lowest BCUT2D eigenvalue weighted by molar-refractivity contribution is -0.137. The van der Waals surface area contributed by atoms with Crippen LogP contribution in [0.2, 0.25) is 0 Å². The summed E-state index contributed by atoms with van der Waals surface area (Å²) in [6.45, 7) is 0.490. The van der Waals surface area contributed by atoms with Gasteiger partial charge in [0.05, 0.1) is 11.1 Å². The van der Waals surface area contributed by atoms with Gasteiger partial charge in [-0.1, -0.05) is 12.1 Å². The van der Waals surface area contributed by atoms with Crippen LogP contribution in [0.1, 0.15) is 39.1 Å². The summed E-state index contributed by atoms with van der Waals surface area (Å²) >= 11 is 0. The number of likely N-dealkylation sites (tertiary alicyclic amines) is 1. The van der Waals surface area contributed by atoms with Gasteiger partial charge in [0.2, 0.25) is 0 Å². The minimum absolute atomic E-state index is 0.0468. The Labute approximate surface area is 163 Å². The highest BCUT2D eigenvalue weighted by Crippen LogP contribution is 2.30. The molecule has 2 amide bonds. The number of hydrogen-bond acceptors (Lipinski definition) is 2. The topological polar surface area (TPSA) is 49.4 Å². The largest absolute Gasteiger partial charge is 0.416 e. The number of carbonyl (C=O) groups is 2. The second kappa shape index (κ2) is 8.18. The average molecular weight is 412 g/mol. The van der Waals surface area contributed by atoms with E-state index in [9.17, 15) is 31.5 Å². The molecule has 2 aromatic carbocycles. The van der Waals surface area contributed by atoms with Gasteiger partial charge in [-0.15, -0.1) is 0 Å². The molecule has 1 heterocycles. The fraction of sp³-hybridized carbons (Fsp3) is 0.300. The summed E-state index contributed by atoms with van der Waals surface area (Å²) in [5, 5.41) is 2.57.